The van der Waals surface area contributed by atoms with Crippen molar-refractivity contribution < 1.29 is 4.79 Å². The van der Waals surface area contributed by atoms with Gasteiger partial charge in [-0.2, -0.15) is 0 Å². The lowest BCUT2D eigenvalue weighted by molar-refractivity contribution is -0.119. The van der Waals surface area contributed by atoms with Gasteiger partial charge in [-0.05, 0) is 18.9 Å². The van der Waals surface area contributed by atoms with Crippen molar-refractivity contribution in [1.82, 2.24) is 10.3 Å². The number of para-hydroxylation sites is 1. The van der Waals surface area contributed by atoms with Crippen molar-refractivity contribution in [3.63, 3.8) is 0 Å². The fourth-order valence-corrected chi connectivity index (χ4v) is 2.35. The number of rotatable bonds is 5. The fourth-order valence-electron chi connectivity index (χ4n) is 2.19. The number of nitrogens with zero attached hydrogens (tertiary/aromatic N) is 1. The summed E-state index contributed by atoms with van der Waals surface area (Å²) in [5, 5.41) is 7.00. The smallest absolute Gasteiger partial charge is 0.239 e. The molecule has 1 aliphatic rings. The van der Waals surface area contributed by atoms with Gasteiger partial charge in [0.25, 0.3) is 0 Å². The van der Waals surface area contributed by atoms with Crippen molar-refractivity contribution in [3.8, 4) is 0 Å². The first kappa shape index (κ1) is 13.8. The molecular formula is C15H16N4OS. The molecule has 1 aromatic carbocycles. The molecule has 0 aliphatic heterocycles. The van der Waals surface area contributed by atoms with Gasteiger partial charge in [-0.15, -0.1) is 0 Å². The highest BCUT2D eigenvalue weighted by Crippen LogP contribution is 2.25. The summed E-state index contributed by atoms with van der Waals surface area (Å²) in [5.74, 6) is -0.0210. The largest absolute Gasteiger partial charge is 0.389 e. The molecule has 4 N–H and O–H groups in total. The Labute approximate surface area is 127 Å². The number of hydrogen-bond acceptors (Lipinski definition) is 4. The molecule has 0 saturated heterocycles. The van der Waals surface area contributed by atoms with Gasteiger partial charge in [0.05, 0.1) is 23.3 Å². The molecule has 5 nitrogen and oxygen atoms in total. The van der Waals surface area contributed by atoms with E-state index >= 15 is 0 Å². The average molecular weight is 300 g/mol. The summed E-state index contributed by atoms with van der Waals surface area (Å²) < 4.78 is 0. The molecule has 0 atom stereocenters. The van der Waals surface area contributed by atoms with Gasteiger partial charge >= 0.3 is 0 Å². The number of anilines is 1. The van der Waals surface area contributed by atoms with Crippen molar-refractivity contribution in [3.05, 3.63) is 36.0 Å². The zero-order valence-corrected chi connectivity index (χ0v) is 12.2. The number of benzene rings is 1. The summed E-state index contributed by atoms with van der Waals surface area (Å²) in [6.07, 6.45) is 3.79. The van der Waals surface area contributed by atoms with Crippen LogP contribution in [0.3, 0.4) is 0 Å². The van der Waals surface area contributed by atoms with Gasteiger partial charge in [0.15, 0.2) is 0 Å². The molecule has 21 heavy (non-hydrogen) atoms. The van der Waals surface area contributed by atoms with Gasteiger partial charge in [-0.1, -0.05) is 30.4 Å². The second-order valence-corrected chi connectivity index (χ2v) is 5.56. The van der Waals surface area contributed by atoms with E-state index in [0.29, 0.717) is 11.6 Å². The van der Waals surface area contributed by atoms with Gasteiger partial charge in [0.1, 0.15) is 4.99 Å². The zero-order valence-electron chi connectivity index (χ0n) is 11.4. The Balaban J connectivity index is 1.88. The Hall–Kier alpha value is -2.21. The monoisotopic (exact) mass is 300 g/mol. The van der Waals surface area contributed by atoms with Gasteiger partial charge < -0.3 is 16.4 Å². The molecule has 0 radical (unpaired) electrons. The van der Waals surface area contributed by atoms with Crippen LogP contribution in [-0.4, -0.2) is 28.5 Å². The number of aromatic nitrogens is 1. The van der Waals surface area contributed by atoms with Crippen LogP contribution in [0.15, 0.2) is 30.5 Å². The molecule has 0 bridgehead atoms. The number of thiocarbonyl (C=S) groups is 1. The van der Waals surface area contributed by atoms with Crippen LogP contribution in [0.25, 0.3) is 10.9 Å². The summed E-state index contributed by atoms with van der Waals surface area (Å²) in [5.41, 5.74) is 8.01. The third-order valence-electron chi connectivity index (χ3n) is 3.41. The van der Waals surface area contributed by atoms with E-state index in [1.165, 1.54) is 0 Å². The van der Waals surface area contributed by atoms with Crippen molar-refractivity contribution in [2.75, 3.05) is 11.9 Å². The number of amides is 1. The Morgan fingerprint density at radius 1 is 1.38 bits per heavy atom. The summed E-state index contributed by atoms with van der Waals surface area (Å²) in [7, 11) is 0. The molecule has 1 saturated carbocycles. The Kier molecular flexibility index (Phi) is 3.70. The molecule has 0 unspecified atom stereocenters. The SMILES string of the molecule is NC(=S)c1cnc2ccccc2c1NCC(=O)NC1CC1. The van der Waals surface area contributed by atoms with E-state index in [1.807, 2.05) is 24.3 Å². The van der Waals surface area contributed by atoms with Crippen LogP contribution < -0.4 is 16.4 Å². The maximum absolute atomic E-state index is 11.8. The lowest BCUT2D eigenvalue weighted by Gasteiger charge is -2.13. The molecule has 2 aromatic rings. The Bertz CT molecular complexity index is 712. The molecule has 1 fully saturated rings. The Morgan fingerprint density at radius 3 is 2.86 bits per heavy atom. The fraction of sp³-hybridized carbons (Fsp3) is 0.267. The quantitative estimate of drug-likeness (QED) is 0.730. The van der Waals surface area contributed by atoms with Crippen LogP contribution in [0, 0.1) is 0 Å². The third-order valence-corrected chi connectivity index (χ3v) is 3.63. The highest BCUT2D eigenvalue weighted by Gasteiger charge is 2.23. The highest BCUT2D eigenvalue weighted by molar-refractivity contribution is 7.80. The molecule has 6 heteroatoms. The minimum atomic E-state index is -0.0210. The number of nitrogens with one attached hydrogen (secondary N) is 2. The average Bonchev–Trinajstić information content (AvgIpc) is 3.28. The second-order valence-electron chi connectivity index (χ2n) is 5.12. The lowest BCUT2D eigenvalue weighted by Crippen LogP contribution is -2.32. The maximum Gasteiger partial charge on any atom is 0.239 e. The van der Waals surface area contributed by atoms with E-state index in [0.717, 1.165) is 29.4 Å². The minimum absolute atomic E-state index is 0.0210. The van der Waals surface area contributed by atoms with E-state index in [9.17, 15) is 4.79 Å². The van der Waals surface area contributed by atoms with Crippen molar-refractivity contribution in [1.29, 1.82) is 0 Å². The summed E-state index contributed by atoms with van der Waals surface area (Å²) in [4.78, 5) is 16.4. The molecule has 0 spiro atoms. The third kappa shape index (κ3) is 3.11. The van der Waals surface area contributed by atoms with Crippen LogP contribution in [-0.2, 0) is 4.79 Å². The molecular weight excluding hydrogens is 284 g/mol. The van der Waals surface area contributed by atoms with Crippen LogP contribution in [0.5, 0.6) is 0 Å². The Morgan fingerprint density at radius 2 is 2.14 bits per heavy atom. The second kappa shape index (κ2) is 5.65. The summed E-state index contributed by atoms with van der Waals surface area (Å²) in [6.45, 7) is 0.195. The number of carbonyl (C=O) groups is 1. The highest BCUT2D eigenvalue weighted by atomic mass is 32.1. The topological polar surface area (TPSA) is 80.0 Å². The van der Waals surface area contributed by atoms with Gasteiger partial charge in [-0.25, -0.2) is 0 Å². The van der Waals surface area contributed by atoms with Gasteiger partial charge in [0, 0.05) is 17.6 Å². The normalized spacial score (nSPS) is 13.9. The van der Waals surface area contributed by atoms with Crippen molar-refractivity contribution in [2.45, 2.75) is 18.9 Å². The van der Waals surface area contributed by atoms with E-state index in [-0.39, 0.29) is 17.4 Å². The van der Waals surface area contributed by atoms with Crippen LogP contribution in [0.1, 0.15) is 18.4 Å². The molecule has 1 heterocycles. The van der Waals surface area contributed by atoms with E-state index in [4.69, 9.17) is 18.0 Å². The van der Waals surface area contributed by atoms with Gasteiger partial charge in [0.2, 0.25) is 5.91 Å². The van der Waals surface area contributed by atoms with Gasteiger partial charge in [-0.3, -0.25) is 9.78 Å². The van der Waals surface area contributed by atoms with Crippen molar-refractivity contribution in [2.24, 2.45) is 5.73 Å². The number of hydrogen-bond donors (Lipinski definition) is 3. The molecule has 1 aliphatic carbocycles. The minimum Gasteiger partial charge on any atom is -0.389 e. The van der Waals surface area contributed by atoms with Crippen LogP contribution in [0.2, 0.25) is 0 Å². The molecule has 108 valence electrons. The number of pyridine rings is 1. The lowest BCUT2D eigenvalue weighted by atomic mass is 10.1. The summed E-state index contributed by atoms with van der Waals surface area (Å²) >= 11 is 5.07. The van der Waals surface area contributed by atoms with Crippen molar-refractivity contribution >= 4 is 39.7 Å². The van der Waals surface area contributed by atoms with Crippen LogP contribution >= 0.6 is 12.2 Å². The molecule has 1 amide bonds. The predicted molar refractivity (Wildman–Crippen MR) is 87.3 cm³/mol. The first-order valence-electron chi connectivity index (χ1n) is 6.86. The first-order valence-corrected chi connectivity index (χ1v) is 7.27. The zero-order chi connectivity index (χ0) is 14.8. The first-order chi connectivity index (χ1) is 10.1. The number of carbonyl (C=O) groups excluding carboxylic acids is 1. The van der Waals surface area contributed by atoms with E-state index in [1.54, 1.807) is 6.20 Å². The molecule has 1 aromatic heterocycles. The molecule has 3 rings (SSSR count). The summed E-state index contributed by atoms with van der Waals surface area (Å²) in [6, 6.07) is 8.03. The van der Waals surface area contributed by atoms with E-state index in [2.05, 4.69) is 15.6 Å². The van der Waals surface area contributed by atoms with Crippen LogP contribution in [0.4, 0.5) is 5.69 Å². The predicted octanol–water partition coefficient (Wildman–Crippen LogP) is 1.56. The standard InChI is InChI=1S/C15H16N4OS/c16-15(21)11-7-17-12-4-2-1-3-10(12)14(11)18-8-13(20)19-9-5-6-9/h1-4,7,9H,5-6,8H2,(H2,16,21)(H,17,18)(H,19,20). The number of fused-ring (bicyclic) bond motifs is 1. The number of nitrogens with two attached hydrogens (primary N) is 1. The maximum atomic E-state index is 11.8. The van der Waals surface area contributed by atoms with E-state index < -0.39 is 0 Å².